The highest BCUT2D eigenvalue weighted by Crippen LogP contribution is 2.26. The molecule has 0 spiro atoms. The molecule has 0 aromatic carbocycles. The van der Waals surface area contributed by atoms with Crippen LogP contribution in [-0.2, 0) is 10.0 Å². The van der Waals surface area contributed by atoms with Gasteiger partial charge < -0.3 is 5.11 Å². The van der Waals surface area contributed by atoms with Gasteiger partial charge >= 0.3 is 0 Å². The van der Waals surface area contributed by atoms with E-state index in [4.69, 9.17) is 0 Å². The maximum absolute atomic E-state index is 11.9. The van der Waals surface area contributed by atoms with E-state index in [1.54, 1.807) is 24.8 Å². The molecule has 1 heterocycles. The van der Waals surface area contributed by atoms with Gasteiger partial charge in [-0.15, -0.1) is 11.3 Å². The van der Waals surface area contributed by atoms with Gasteiger partial charge in [-0.25, -0.2) is 13.1 Å². The largest absolute Gasteiger partial charge is 0.389 e. The number of rotatable bonds is 7. The zero-order valence-corrected chi connectivity index (χ0v) is 14.2. The van der Waals surface area contributed by atoms with Crippen LogP contribution in [0.4, 0.5) is 0 Å². The Labute approximate surface area is 124 Å². The molecule has 1 atom stereocenters. The summed E-state index contributed by atoms with van der Waals surface area (Å²) in [5.74, 6) is 0.791. The molecule has 0 aliphatic rings. The van der Waals surface area contributed by atoms with Gasteiger partial charge in [0.2, 0.25) is 10.0 Å². The molecule has 8 heteroatoms. The number of nitrogens with one attached hydrogen (secondary N) is 1. The second-order valence-corrected chi connectivity index (χ2v) is 9.57. The van der Waals surface area contributed by atoms with E-state index < -0.39 is 15.6 Å². The average Bonchev–Trinajstić information content (AvgIpc) is 2.72. The number of aliphatic hydroxyl groups is 1. The zero-order valence-electron chi connectivity index (χ0n) is 10.1. The maximum atomic E-state index is 11.9. The summed E-state index contributed by atoms with van der Waals surface area (Å²) >= 11 is 5.99. The zero-order chi connectivity index (χ0) is 13.8. The second kappa shape index (κ2) is 6.71. The fraction of sp³-hybridized carbons (Fsp3) is 0.600. The van der Waals surface area contributed by atoms with Crippen LogP contribution >= 0.6 is 39.0 Å². The Morgan fingerprint density at radius 2 is 2.22 bits per heavy atom. The summed E-state index contributed by atoms with van der Waals surface area (Å²) in [5.41, 5.74) is -1.02. The lowest BCUT2D eigenvalue weighted by molar-refractivity contribution is 0.0626. The molecule has 1 aromatic rings. The molecule has 2 N–H and O–H groups in total. The monoisotopic (exact) mass is 373 g/mol. The SMILES string of the molecule is CSCC[C@](C)(O)CNS(=O)(=O)c1ccc(Br)s1. The predicted octanol–water partition coefficient (Wildman–Crippen LogP) is 2.29. The van der Waals surface area contributed by atoms with Crippen molar-refractivity contribution >= 4 is 49.1 Å². The molecule has 0 saturated carbocycles. The van der Waals surface area contributed by atoms with Gasteiger partial charge in [0.15, 0.2) is 0 Å². The van der Waals surface area contributed by atoms with Gasteiger partial charge in [0.1, 0.15) is 4.21 Å². The van der Waals surface area contributed by atoms with E-state index in [-0.39, 0.29) is 10.8 Å². The number of hydrogen-bond donors (Lipinski definition) is 2. The van der Waals surface area contributed by atoms with Crippen LogP contribution in [0.3, 0.4) is 0 Å². The normalized spacial score (nSPS) is 15.6. The van der Waals surface area contributed by atoms with Crippen molar-refractivity contribution in [1.82, 2.24) is 4.72 Å². The van der Waals surface area contributed by atoms with Crippen molar-refractivity contribution in [3.05, 3.63) is 15.9 Å². The van der Waals surface area contributed by atoms with Crippen molar-refractivity contribution < 1.29 is 13.5 Å². The lowest BCUT2D eigenvalue weighted by atomic mass is 10.1. The first-order chi connectivity index (χ1) is 8.27. The molecule has 4 nitrogen and oxygen atoms in total. The average molecular weight is 374 g/mol. The maximum Gasteiger partial charge on any atom is 0.250 e. The molecule has 1 aromatic heterocycles. The smallest absolute Gasteiger partial charge is 0.250 e. The minimum absolute atomic E-state index is 0.0193. The Morgan fingerprint density at radius 3 is 2.72 bits per heavy atom. The first-order valence-electron chi connectivity index (χ1n) is 5.23. The first-order valence-corrected chi connectivity index (χ1v) is 9.72. The lowest BCUT2D eigenvalue weighted by Gasteiger charge is -2.22. The topological polar surface area (TPSA) is 66.4 Å². The third-order valence-electron chi connectivity index (χ3n) is 2.30. The number of thioether (sulfide) groups is 1. The molecule has 0 bridgehead atoms. The van der Waals surface area contributed by atoms with Crippen LogP contribution < -0.4 is 4.72 Å². The summed E-state index contributed by atoms with van der Waals surface area (Å²) in [5, 5.41) is 10.0. The van der Waals surface area contributed by atoms with E-state index in [9.17, 15) is 13.5 Å². The van der Waals surface area contributed by atoms with Crippen molar-refractivity contribution in [2.75, 3.05) is 18.6 Å². The molecule has 104 valence electrons. The van der Waals surface area contributed by atoms with Gasteiger partial charge in [0, 0.05) is 6.54 Å². The summed E-state index contributed by atoms with van der Waals surface area (Å²) < 4.78 is 27.3. The molecule has 18 heavy (non-hydrogen) atoms. The van der Waals surface area contributed by atoms with Crippen LogP contribution in [0.5, 0.6) is 0 Å². The Hall–Kier alpha value is 0.400. The standard InChI is InChI=1S/C10H16BrNO3S3/c1-10(13,5-6-16-2)7-12-18(14,15)9-4-3-8(11)17-9/h3-4,12-13H,5-7H2,1-2H3/t10-/m0/s1. The molecule has 0 aliphatic carbocycles. The molecule has 0 aliphatic heterocycles. The highest BCUT2D eigenvalue weighted by molar-refractivity contribution is 9.11. The predicted molar refractivity (Wildman–Crippen MR) is 80.8 cm³/mol. The highest BCUT2D eigenvalue weighted by atomic mass is 79.9. The molecule has 0 radical (unpaired) electrons. The summed E-state index contributed by atoms with van der Waals surface area (Å²) in [4.78, 5) is 0. The fourth-order valence-corrected chi connectivity index (χ4v) is 5.03. The van der Waals surface area contributed by atoms with E-state index in [0.717, 1.165) is 20.9 Å². The number of halogens is 1. The molecular weight excluding hydrogens is 358 g/mol. The van der Waals surface area contributed by atoms with E-state index >= 15 is 0 Å². The number of hydrogen-bond acceptors (Lipinski definition) is 5. The Bertz CT molecular complexity index is 484. The minimum atomic E-state index is -3.53. The summed E-state index contributed by atoms with van der Waals surface area (Å²) in [6, 6.07) is 3.22. The lowest BCUT2D eigenvalue weighted by Crippen LogP contribution is -2.40. The van der Waals surface area contributed by atoms with Crippen molar-refractivity contribution in [3.63, 3.8) is 0 Å². The van der Waals surface area contributed by atoms with Gasteiger partial charge in [0.25, 0.3) is 0 Å². The van der Waals surface area contributed by atoms with Gasteiger partial charge in [-0.1, -0.05) is 0 Å². The van der Waals surface area contributed by atoms with Crippen LogP contribution in [-0.4, -0.2) is 37.7 Å². The Morgan fingerprint density at radius 1 is 1.56 bits per heavy atom. The van der Waals surface area contributed by atoms with Crippen molar-refractivity contribution in [3.8, 4) is 0 Å². The van der Waals surface area contributed by atoms with Gasteiger partial charge in [0.05, 0.1) is 9.39 Å². The summed E-state index contributed by atoms with van der Waals surface area (Å²) in [6.45, 7) is 1.65. The molecule has 0 saturated heterocycles. The van der Waals surface area contributed by atoms with Crippen molar-refractivity contribution in [2.24, 2.45) is 0 Å². The molecule has 1 rings (SSSR count). The minimum Gasteiger partial charge on any atom is -0.389 e. The highest BCUT2D eigenvalue weighted by Gasteiger charge is 2.24. The Kier molecular flexibility index (Phi) is 6.14. The van der Waals surface area contributed by atoms with Crippen LogP contribution in [0.15, 0.2) is 20.1 Å². The van der Waals surface area contributed by atoms with Crippen LogP contribution in [0, 0.1) is 0 Å². The van der Waals surface area contributed by atoms with E-state index in [1.807, 2.05) is 6.26 Å². The van der Waals surface area contributed by atoms with Gasteiger partial charge in [-0.2, -0.15) is 11.8 Å². The van der Waals surface area contributed by atoms with E-state index in [0.29, 0.717) is 6.42 Å². The summed E-state index contributed by atoms with van der Waals surface area (Å²) in [7, 11) is -3.53. The number of sulfonamides is 1. The summed E-state index contributed by atoms with van der Waals surface area (Å²) in [6.07, 6.45) is 2.49. The van der Waals surface area contributed by atoms with E-state index in [1.165, 1.54) is 6.07 Å². The quantitative estimate of drug-likeness (QED) is 0.769. The van der Waals surface area contributed by atoms with E-state index in [2.05, 4.69) is 20.7 Å². The van der Waals surface area contributed by atoms with Gasteiger partial charge in [-0.05, 0) is 53.4 Å². The number of thiophene rings is 1. The van der Waals surface area contributed by atoms with Gasteiger partial charge in [-0.3, -0.25) is 0 Å². The molecule has 0 unspecified atom stereocenters. The Balaban J connectivity index is 2.62. The fourth-order valence-electron chi connectivity index (χ4n) is 1.17. The van der Waals surface area contributed by atoms with Crippen molar-refractivity contribution in [1.29, 1.82) is 0 Å². The molecular formula is C10H16BrNO3S3. The molecule has 0 fully saturated rings. The van der Waals surface area contributed by atoms with Crippen LogP contribution in [0.2, 0.25) is 0 Å². The third-order valence-corrected chi connectivity index (χ3v) is 6.43. The third kappa shape index (κ3) is 5.18. The first kappa shape index (κ1) is 16.5. The van der Waals surface area contributed by atoms with Crippen molar-refractivity contribution in [2.45, 2.75) is 23.2 Å². The molecule has 0 amide bonds. The second-order valence-electron chi connectivity index (χ2n) is 4.12. The van der Waals surface area contributed by atoms with Crippen LogP contribution in [0.25, 0.3) is 0 Å². The van der Waals surface area contributed by atoms with Crippen LogP contribution in [0.1, 0.15) is 13.3 Å².